The Bertz CT molecular complexity index is 435. The second kappa shape index (κ2) is 6.02. The van der Waals surface area contributed by atoms with Gasteiger partial charge in [-0.2, -0.15) is 0 Å². The van der Waals surface area contributed by atoms with Crippen molar-refractivity contribution < 1.29 is 14.3 Å². The van der Waals surface area contributed by atoms with Gasteiger partial charge < -0.3 is 4.74 Å². The predicted molar refractivity (Wildman–Crippen MR) is 70.0 cm³/mol. The predicted octanol–water partition coefficient (Wildman–Crippen LogP) is 2.63. The van der Waals surface area contributed by atoms with E-state index in [1.165, 1.54) is 4.90 Å². The van der Waals surface area contributed by atoms with Crippen LogP contribution in [0.5, 0.6) is 0 Å². The third kappa shape index (κ3) is 2.91. The number of carbonyl (C=O) groups excluding carboxylic acids is 2. The Kier molecular flexibility index (Phi) is 4.38. The number of imide groups is 1. The maximum absolute atomic E-state index is 12.0. The average molecular weight is 265 g/mol. The van der Waals surface area contributed by atoms with Crippen molar-refractivity contribution >= 4 is 22.9 Å². The van der Waals surface area contributed by atoms with Gasteiger partial charge in [-0.3, -0.25) is 14.5 Å². The quantitative estimate of drug-likeness (QED) is 0.821. The van der Waals surface area contributed by atoms with Crippen LogP contribution in [0.2, 0.25) is 0 Å². The van der Waals surface area contributed by atoms with Gasteiger partial charge in [-0.05, 0) is 23.7 Å². The molecule has 0 aromatic heterocycles. The van der Waals surface area contributed by atoms with Crippen LogP contribution in [0.15, 0.2) is 30.3 Å². The zero-order valence-electron chi connectivity index (χ0n) is 10.2. The third-order valence-corrected chi connectivity index (χ3v) is 3.53. The van der Waals surface area contributed by atoms with E-state index in [0.29, 0.717) is 13.2 Å². The van der Waals surface area contributed by atoms with E-state index in [2.05, 4.69) is 0 Å². The lowest BCUT2D eigenvalue weighted by Gasteiger charge is -2.13. The molecule has 1 aliphatic rings. The van der Waals surface area contributed by atoms with Crippen LogP contribution < -0.4 is 0 Å². The van der Waals surface area contributed by atoms with Gasteiger partial charge in [0.05, 0.1) is 6.54 Å². The third-order valence-electron chi connectivity index (χ3n) is 2.55. The lowest BCUT2D eigenvalue weighted by molar-refractivity contribution is -0.134. The SMILES string of the molecule is CCCOC1SC(=O)N(Cc2ccccc2)C1=O. The minimum Gasteiger partial charge on any atom is -0.357 e. The van der Waals surface area contributed by atoms with Crippen LogP contribution in [0.4, 0.5) is 4.79 Å². The molecule has 1 fully saturated rings. The zero-order valence-corrected chi connectivity index (χ0v) is 11.0. The highest BCUT2D eigenvalue weighted by atomic mass is 32.2. The van der Waals surface area contributed by atoms with E-state index in [1.807, 2.05) is 37.3 Å². The molecule has 1 aromatic rings. The highest BCUT2D eigenvalue weighted by Crippen LogP contribution is 2.29. The molecule has 0 radical (unpaired) electrons. The number of benzene rings is 1. The average Bonchev–Trinajstić information content (AvgIpc) is 2.65. The van der Waals surface area contributed by atoms with Crippen LogP contribution in [-0.4, -0.2) is 28.1 Å². The van der Waals surface area contributed by atoms with Gasteiger partial charge in [0.25, 0.3) is 11.1 Å². The molecule has 96 valence electrons. The summed E-state index contributed by atoms with van der Waals surface area (Å²) in [6.45, 7) is 2.78. The molecule has 18 heavy (non-hydrogen) atoms. The maximum Gasteiger partial charge on any atom is 0.291 e. The van der Waals surface area contributed by atoms with Gasteiger partial charge in [0, 0.05) is 6.61 Å². The molecule has 1 aromatic carbocycles. The number of nitrogens with zero attached hydrogens (tertiary/aromatic N) is 1. The molecule has 5 heteroatoms. The molecule has 0 aliphatic carbocycles. The minimum atomic E-state index is -0.666. The molecule has 1 atom stereocenters. The Morgan fingerprint density at radius 3 is 2.67 bits per heavy atom. The fourth-order valence-electron chi connectivity index (χ4n) is 1.66. The van der Waals surface area contributed by atoms with Crippen molar-refractivity contribution in [1.82, 2.24) is 4.90 Å². The van der Waals surface area contributed by atoms with Crippen molar-refractivity contribution in [1.29, 1.82) is 0 Å². The van der Waals surface area contributed by atoms with Gasteiger partial charge in [-0.1, -0.05) is 37.3 Å². The van der Waals surface area contributed by atoms with Gasteiger partial charge >= 0.3 is 0 Å². The largest absolute Gasteiger partial charge is 0.357 e. The van der Waals surface area contributed by atoms with E-state index in [1.54, 1.807) is 0 Å². The number of carbonyl (C=O) groups is 2. The van der Waals surface area contributed by atoms with Crippen LogP contribution in [0.3, 0.4) is 0 Å². The molecule has 1 unspecified atom stereocenters. The number of rotatable bonds is 5. The Balaban J connectivity index is 2.01. The summed E-state index contributed by atoms with van der Waals surface area (Å²) in [6.07, 6.45) is 0.831. The fraction of sp³-hybridized carbons (Fsp3) is 0.385. The normalized spacial score (nSPS) is 19.6. The van der Waals surface area contributed by atoms with Crippen LogP contribution in [0, 0.1) is 0 Å². The van der Waals surface area contributed by atoms with Gasteiger partial charge in [0.2, 0.25) is 0 Å². The van der Waals surface area contributed by atoms with Crippen molar-refractivity contribution in [3.8, 4) is 0 Å². The van der Waals surface area contributed by atoms with Gasteiger partial charge in [0.15, 0.2) is 5.44 Å². The van der Waals surface area contributed by atoms with Gasteiger partial charge in [-0.25, -0.2) is 0 Å². The van der Waals surface area contributed by atoms with Crippen molar-refractivity contribution in [2.75, 3.05) is 6.61 Å². The topological polar surface area (TPSA) is 46.6 Å². The smallest absolute Gasteiger partial charge is 0.291 e. The standard InChI is InChI=1S/C13H15NO3S/c1-2-8-17-12-11(15)14(13(16)18-12)9-10-6-4-3-5-7-10/h3-7,12H,2,8-9H2,1H3. The highest BCUT2D eigenvalue weighted by molar-refractivity contribution is 8.15. The summed E-state index contributed by atoms with van der Waals surface area (Å²) in [6, 6.07) is 9.47. The number of thioether (sulfide) groups is 1. The second-order valence-corrected chi connectivity index (χ2v) is 5.01. The molecule has 4 nitrogen and oxygen atoms in total. The van der Waals surface area contributed by atoms with E-state index in [-0.39, 0.29) is 11.1 Å². The molecule has 0 saturated carbocycles. The van der Waals surface area contributed by atoms with E-state index in [0.717, 1.165) is 23.7 Å². The van der Waals surface area contributed by atoms with Gasteiger partial charge in [-0.15, -0.1) is 0 Å². The van der Waals surface area contributed by atoms with Crippen LogP contribution >= 0.6 is 11.8 Å². The van der Waals surface area contributed by atoms with Crippen LogP contribution in [-0.2, 0) is 16.1 Å². The fourth-order valence-corrected chi connectivity index (χ4v) is 2.52. The number of amides is 2. The zero-order chi connectivity index (χ0) is 13.0. The summed E-state index contributed by atoms with van der Waals surface area (Å²) in [4.78, 5) is 25.0. The lowest BCUT2D eigenvalue weighted by Crippen LogP contribution is -2.32. The van der Waals surface area contributed by atoms with E-state index < -0.39 is 5.44 Å². The molecule has 0 N–H and O–H groups in total. The monoisotopic (exact) mass is 265 g/mol. The summed E-state index contributed by atoms with van der Waals surface area (Å²) < 4.78 is 5.35. The Hall–Kier alpha value is -1.33. The number of ether oxygens (including phenoxy) is 1. The van der Waals surface area contributed by atoms with Gasteiger partial charge in [0.1, 0.15) is 0 Å². The molecule has 1 aliphatic heterocycles. The molecule has 0 spiro atoms. The minimum absolute atomic E-state index is 0.232. The van der Waals surface area contributed by atoms with E-state index >= 15 is 0 Å². The molecular formula is C13H15NO3S. The van der Waals surface area contributed by atoms with Crippen molar-refractivity contribution in [3.63, 3.8) is 0 Å². The molecule has 1 saturated heterocycles. The molecule has 2 amide bonds. The Morgan fingerprint density at radius 1 is 1.28 bits per heavy atom. The number of hydrogen-bond acceptors (Lipinski definition) is 4. The summed E-state index contributed by atoms with van der Waals surface area (Å²) >= 11 is 0.956. The molecular weight excluding hydrogens is 250 g/mol. The van der Waals surface area contributed by atoms with Crippen LogP contribution in [0.25, 0.3) is 0 Å². The first-order chi connectivity index (χ1) is 8.72. The lowest BCUT2D eigenvalue weighted by atomic mass is 10.2. The first-order valence-electron chi connectivity index (χ1n) is 5.90. The van der Waals surface area contributed by atoms with Crippen molar-refractivity contribution in [3.05, 3.63) is 35.9 Å². The Labute approximate surface area is 110 Å². The molecule has 1 heterocycles. The van der Waals surface area contributed by atoms with Crippen molar-refractivity contribution in [2.24, 2.45) is 0 Å². The first-order valence-corrected chi connectivity index (χ1v) is 6.78. The van der Waals surface area contributed by atoms with E-state index in [9.17, 15) is 9.59 Å². The highest BCUT2D eigenvalue weighted by Gasteiger charge is 2.40. The molecule has 0 bridgehead atoms. The summed E-state index contributed by atoms with van der Waals surface area (Å²) in [7, 11) is 0. The summed E-state index contributed by atoms with van der Waals surface area (Å²) in [5.74, 6) is -0.248. The maximum atomic E-state index is 12.0. The molecule has 2 rings (SSSR count). The van der Waals surface area contributed by atoms with Crippen molar-refractivity contribution in [2.45, 2.75) is 25.3 Å². The van der Waals surface area contributed by atoms with Crippen LogP contribution in [0.1, 0.15) is 18.9 Å². The van der Waals surface area contributed by atoms with E-state index in [4.69, 9.17) is 4.74 Å². The first kappa shape index (κ1) is 13.1. The number of hydrogen-bond donors (Lipinski definition) is 0. The summed E-state index contributed by atoms with van der Waals surface area (Å²) in [5.41, 5.74) is 0.275. The summed E-state index contributed by atoms with van der Waals surface area (Å²) in [5, 5.41) is -0.232. The second-order valence-electron chi connectivity index (χ2n) is 4.00. The Morgan fingerprint density at radius 2 is 2.00 bits per heavy atom.